The topological polar surface area (TPSA) is 64.6 Å². The number of carbonyl (C=O) groups excluding carboxylic acids is 1. The molecule has 26 heavy (non-hydrogen) atoms. The molecule has 5 heteroatoms. The number of hydrogen-bond donors (Lipinski definition) is 0. The van der Waals surface area contributed by atoms with Gasteiger partial charge in [0, 0.05) is 35.0 Å². The van der Waals surface area contributed by atoms with Gasteiger partial charge in [0.05, 0.1) is 4.92 Å². The first kappa shape index (κ1) is 15.8. The van der Waals surface area contributed by atoms with Crippen molar-refractivity contribution in [2.24, 2.45) is 0 Å². The third kappa shape index (κ3) is 2.65. The highest BCUT2D eigenvalue weighted by Crippen LogP contribution is 2.30. The number of ketones is 1. The number of nitro groups is 1. The van der Waals surface area contributed by atoms with E-state index in [1.165, 1.54) is 12.1 Å². The van der Waals surface area contributed by atoms with Gasteiger partial charge in [-0.15, -0.1) is 0 Å². The van der Waals surface area contributed by atoms with Crippen LogP contribution in [0.3, 0.4) is 0 Å². The molecule has 4 aromatic rings. The molecule has 0 aliphatic rings. The summed E-state index contributed by atoms with van der Waals surface area (Å²) in [5.74, 6) is -0.0925. The molecule has 0 saturated carbocycles. The fourth-order valence-corrected chi connectivity index (χ4v) is 3.06. The third-order valence-electron chi connectivity index (χ3n) is 4.32. The van der Waals surface area contributed by atoms with Crippen molar-refractivity contribution in [1.29, 1.82) is 0 Å². The quantitative estimate of drug-likeness (QED) is 0.305. The van der Waals surface area contributed by atoms with E-state index in [4.69, 9.17) is 0 Å². The molecule has 0 radical (unpaired) electrons. The van der Waals surface area contributed by atoms with Crippen molar-refractivity contribution in [2.45, 2.75) is 0 Å². The van der Waals surface area contributed by atoms with Crippen LogP contribution in [-0.4, -0.2) is 15.1 Å². The summed E-state index contributed by atoms with van der Waals surface area (Å²) in [6.45, 7) is 0. The number of pyridine rings is 1. The molecule has 2 heterocycles. The van der Waals surface area contributed by atoms with Crippen LogP contribution in [0, 0.1) is 10.1 Å². The van der Waals surface area contributed by atoms with Crippen molar-refractivity contribution >= 4 is 17.0 Å². The average Bonchev–Trinajstić information content (AvgIpc) is 3.07. The number of nitrogens with zero attached hydrogens (tertiary/aromatic N) is 2. The highest BCUT2D eigenvalue weighted by atomic mass is 16.6. The Balaban J connectivity index is 1.92. The molecule has 0 unspecified atom stereocenters. The van der Waals surface area contributed by atoms with Gasteiger partial charge in [0.2, 0.25) is 5.78 Å². The molecular weight excluding hydrogens is 328 g/mol. The van der Waals surface area contributed by atoms with Crippen LogP contribution in [0.25, 0.3) is 16.6 Å². The predicted molar refractivity (Wildman–Crippen MR) is 99.4 cm³/mol. The number of nitro benzene ring substituents is 1. The molecule has 2 aromatic heterocycles. The van der Waals surface area contributed by atoms with Gasteiger partial charge in [-0.05, 0) is 35.9 Å². The molecule has 0 fully saturated rings. The Morgan fingerprint density at radius 2 is 1.58 bits per heavy atom. The maximum atomic E-state index is 13.2. The molecule has 4 rings (SSSR count). The van der Waals surface area contributed by atoms with Crippen LogP contribution in [0.1, 0.15) is 16.1 Å². The second kappa shape index (κ2) is 6.29. The lowest BCUT2D eigenvalue weighted by molar-refractivity contribution is -0.384. The summed E-state index contributed by atoms with van der Waals surface area (Å²) >= 11 is 0. The minimum atomic E-state index is -0.434. The largest absolute Gasteiger partial charge is 0.313 e. The Labute approximate surface area is 149 Å². The predicted octanol–water partition coefficient (Wildman–Crippen LogP) is 4.75. The van der Waals surface area contributed by atoms with Crippen molar-refractivity contribution in [1.82, 2.24) is 4.40 Å². The molecule has 2 aromatic carbocycles. The lowest BCUT2D eigenvalue weighted by atomic mass is 10.00. The van der Waals surface area contributed by atoms with Crippen LogP contribution in [0.5, 0.6) is 0 Å². The number of aromatic nitrogens is 1. The van der Waals surface area contributed by atoms with E-state index in [0.717, 1.165) is 16.6 Å². The van der Waals surface area contributed by atoms with E-state index < -0.39 is 4.92 Å². The Morgan fingerprint density at radius 1 is 0.885 bits per heavy atom. The SMILES string of the molecule is O=C(c1ccccc1)c1c(-c2ccc([N+](=O)[O-])cc2)cc2ccccn12. The first-order valence-electron chi connectivity index (χ1n) is 8.10. The van der Waals surface area contributed by atoms with Crippen molar-refractivity contribution < 1.29 is 9.72 Å². The van der Waals surface area contributed by atoms with Gasteiger partial charge in [0.15, 0.2) is 0 Å². The molecule has 126 valence electrons. The van der Waals surface area contributed by atoms with E-state index in [2.05, 4.69) is 0 Å². The van der Waals surface area contributed by atoms with E-state index in [1.54, 1.807) is 24.3 Å². The maximum absolute atomic E-state index is 13.2. The molecule has 0 saturated heterocycles. The number of carbonyl (C=O) groups is 1. The standard InChI is InChI=1S/C21H14N2O3/c24-21(16-6-2-1-3-7-16)20-19(14-18-8-4-5-13-22(18)20)15-9-11-17(12-10-15)23(25)26/h1-14H. The Kier molecular flexibility index (Phi) is 3.82. The fourth-order valence-electron chi connectivity index (χ4n) is 3.06. The smallest absolute Gasteiger partial charge is 0.269 e. The van der Waals surface area contributed by atoms with Gasteiger partial charge in [-0.2, -0.15) is 0 Å². The number of benzene rings is 2. The molecule has 0 atom stereocenters. The van der Waals surface area contributed by atoms with Crippen molar-refractivity contribution in [3.05, 3.63) is 106 Å². The van der Waals surface area contributed by atoms with Gasteiger partial charge in [-0.1, -0.05) is 36.4 Å². The first-order valence-corrected chi connectivity index (χ1v) is 8.10. The highest BCUT2D eigenvalue weighted by molar-refractivity contribution is 6.12. The van der Waals surface area contributed by atoms with Crippen molar-refractivity contribution in [3.63, 3.8) is 0 Å². The van der Waals surface area contributed by atoms with E-state index in [0.29, 0.717) is 11.3 Å². The number of hydrogen-bond acceptors (Lipinski definition) is 3. The summed E-state index contributed by atoms with van der Waals surface area (Å²) in [7, 11) is 0. The number of rotatable bonds is 4. The Bertz CT molecular complexity index is 1110. The zero-order chi connectivity index (χ0) is 18.1. The molecule has 0 aliphatic heterocycles. The minimum Gasteiger partial charge on any atom is -0.313 e. The van der Waals surface area contributed by atoms with Crippen LogP contribution in [0.15, 0.2) is 85.1 Å². The monoisotopic (exact) mass is 342 g/mol. The van der Waals surface area contributed by atoms with Gasteiger partial charge < -0.3 is 4.40 Å². The van der Waals surface area contributed by atoms with Crippen molar-refractivity contribution in [3.8, 4) is 11.1 Å². The summed E-state index contributed by atoms with van der Waals surface area (Å²) < 4.78 is 1.85. The van der Waals surface area contributed by atoms with Gasteiger partial charge in [-0.25, -0.2) is 0 Å². The first-order chi connectivity index (χ1) is 12.6. The minimum absolute atomic E-state index is 0.0217. The van der Waals surface area contributed by atoms with Gasteiger partial charge in [0.25, 0.3) is 5.69 Å². The van der Waals surface area contributed by atoms with E-state index in [1.807, 2.05) is 53.1 Å². The van der Waals surface area contributed by atoms with E-state index in [9.17, 15) is 14.9 Å². The molecule has 0 N–H and O–H groups in total. The van der Waals surface area contributed by atoms with Crippen LogP contribution < -0.4 is 0 Å². The Hall–Kier alpha value is -3.73. The lowest BCUT2D eigenvalue weighted by Gasteiger charge is -2.07. The lowest BCUT2D eigenvalue weighted by Crippen LogP contribution is -2.06. The van der Waals surface area contributed by atoms with Crippen molar-refractivity contribution in [2.75, 3.05) is 0 Å². The third-order valence-corrected chi connectivity index (χ3v) is 4.32. The summed E-state index contributed by atoms with van der Waals surface area (Å²) in [6.07, 6.45) is 1.85. The zero-order valence-corrected chi connectivity index (χ0v) is 13.7. The van der Waals surface area contributed by atoms with Crippen LogP contribution >= 0.6 is 0 Å². The molecule has 0 aliphatic carbocycles. The van der Waals surface area contributed by atoms with Gasteiger partial charge >= 0.3 is 0 Å². The molecule has 0 amide bonds. The summed E-state index contributed by atoms with van der Waals surface area (Å²) in [4.78, 5) is 23.6. The molecule has 0 bridgehead atoms. The zero-order valence-electron chi connectivity index (χ0n) is 13.7. The second-order valence-corrected chi connectivity index (χ2v) is 5.90. The summed E-state index contributed by atoms with van der Waals surface area (Å²) in [5, 5.41) is 10.9. The van der Waals surface area contributed by atoms with Crippen LogP contribution in [-0.2, 0) is 0 Å². The summed E-state index contributed by atoms with van der Waals surface area (Å²) in [6, 6.07) is 23.0. The van der Waals surface area contributed by atoms with E-state index >= 15 is 0 Å². The normalized spacial score (nSPS) is 10.8. The number of non-ortho nitro benzene ring substituents is 1. The molecule has 5 nitrogen and oxygen atoms in total. The maximum Gasteiger partial charge on any atom is 0.269 e. The van der Waals surface area contributed by atoms with Crippen LogP contribution in [0.4, 0.5) is 5.69 Å². The summed E-state index contributed by atoms with van der Waals surface area (Å²) in [5.41, 5.74) is 3.56. The highest BCUT2D eigenvalue weighted by Gasteiger charge is 2.20. The average molecular weight is 342 g/mol. The number of fused-ring (bicyclic) bond motifs is 1. The van der Waals surface area contributed by atoms with Crippen LogP contribution in [0.2, 0.25) is 0 Å². The molecular formula is C21H14N2O3. The Morgan fingerprint density at radius 3 is 2.27 bits per heavy atom. The van der Waals surface area contributed by atoms with Gasteiger partial charge in [-0.3, -0.25) is 14.9 Å². The van der Waals surface area contributed by atoms with E-state index in [-0.39, 0.29) is 11.5 Å². The molecule has 0 spiro atoms. The fraction of sp³-hybridized carbons (Fsp3) is 0. The second-order valence-electron chi connectivity index (χ2n) is 5.90. The van der Waals surface area contributed by atoms with Gasteiger partial charge in [0.1, 0.15) is 5.69 Å².